The summed E-state index contributed by atoms with van der Waals surface area (Å²) in [6.07, 6.45) is 0.911. The molecule has 0 aromatic carbocycles. The minimum absolute atomic E-state index is 0.320. The highest BCUT2D eigenvalue weighted by atomic mass is 16.3. The first-order valence-electron chi connectivity index (χ1n) is 3.84. The van der Waals surface area contributed by atoms with Crippen molar-refractivity contribution in [1.82, 2.24) is 9.80 Å². The predicted molar refractivity (Wildman–Crippen MR) is 40.8 cm³/mol. The van der Waals surface area contributed by atoms with Crippen molar-refractivity contribution in [3.05, 3.63) is 0 Å². The fourth-order valence-electron chi connectivity index (χ4n) is 1.27. The van der Waals surface area contributed by atoms with Crippen LogP contribution in [0.2, 0.25) is 0 Å². The lowest BCUT2D eigenvalue weighted by Gasteiger charge is -2.13. The highest BCUT2D eigenvalue weighted by molar-refractivity contribution is 4.66. The van der Waals surface area contributed by atoms with E-state index in [2.05, 4.69) is 16.8 Å². The van der Waals surface area contributed by atoms with Crippen molar-refractivity contribution < 1.29 is 5.11 Å². The van der Waals surface area contributed by atoms with E-state index in [0.717, 1.165) is 26.2 Å². The average molecular weight is 144 g/mol. The standard InChI is InChI=1S/C7H16N2O/c1-8-4-5-9(7-8)3-2-6-10/h10H,2-7H2,1H3. The molecule has 1 fully saturated rings. The third-order valence-corrected chi connectivity index (χ3v) is 1.87. The third-order valence-electron chi connectivity index (χ3n) is 1.87. The summed E-state index contributed by atoms with van der Waals surface area (Å²) < 4.78 is 0. The topological polar surface area (TPSA) is 26.7 Å². The molecule has 0 saturated carbocycles. The summed E-state index contributed by atoms with van der Waals surface area (Å²) in [4.78, 5) is 4.65. The van der Waals surface area contributed by atoms with Crippen LogP contribution in [0.25, 0.3) is 0 Å². The molecule has 1 aliphatic heterocycles. The molecule has 0 unspecified atom stereocenters. The van der Waals surface area contributed by atoms with Crippen LogP contribution in [-0.2, 0) is 0 Å². The lowest BCUT2D eigenvalue weighted by atomic mass is 10.4. The average Bonchev–Trinajstić information content (AvgIpc) is 2.31. The van der Waals surface area contributed by atoms with E-state index >= 15 is 0 Å². The summed E-state index contributed by atoms with van der Waals surface area (Å²) in [6.45, 7) is 4.77. The SMILES string of the molecule is CN1CCN(CCCO)C1. The molecule has 0 atom stereocenters. The van der Waals surface area contributed by atoms with Gasteiger partial charge in [-0.1, -0.05) is 0 Å². The molecule has 10 heavy (non-hydrogen) atoms. The molecule has 3 heteroatoms. The molecule has 1 N–H and O–H groups in total. The van der Waals surface area contributed by atoms with Gasteiger partial charge in [-0.25, -0.2) is 0 Å². The van der Waals surface area contributed by atoms with Crippen LogP contribution in [0.5, 0.6) is 0 Å². The predicted octanol–water partition coefficient (Wildman–Crippen LogP) is -0.426. The van der Waals surface area contributed by atoms with Gasteiger partial charge in [0.05, 0.1) is 6.67 Å². The molecule has 0 amide bonds. The summed E-state index contributed by atoms with van der Waals surface area (Å²) in [5.41, 5.74) is 0. The van der Waals surface area contributed by atoms with Gasteiger partial charge in [-0.05, 0) is 13.5 Å². The Morgan fingerprint density at radius 3 is 2.70 bits per heavy atom. The molecular formula is C7H16N2O. The van der Waals surface area contributed by atoms with E-state index in [1.165, 1.54) is 6.54 Å². The van der Waals surface area contributed by atoms with Gasteiger partial charge in [0, 0.05) is 26.2 Å². The van der Waals surface area contributed by atoms with Crippen LogP contribution in [0.1, 0.15) is 6.42 Å². The van der Waals surface area contributed by atoms with Gasteiger partial charge >= 0.3 is 0 Å². The van der Waals surface area contributed by atoms with Crippen LogP contribution in [-0.4, -0.2) is 54.9 Å². The molecule has 60 valence electrons. The van der Waals surface area contributed by atoms with Crippen LogP contribution in [0.15, 0.2) is 0 Å². The molecule has 1 heterocycles. The second-order valence-electron chi connectivity index (χ2n) is 2.92. The van der Waals surface area contributed by atoms with Gasteiger partial charge in [0.25, 0.3) is 0 Å². The maximum absolute atomic E-state index is 8.55. The fraction of sp³-hybridized carbons (Fsp3) is 1.00. The Morgan fingerprint density at radius 2 is 2.20 bits per heavy atom. The summed E-state index contributed by atoms with van der Waals surface area (Å²) in [7, 11) is 2.12. The van der Waals surface area contributed by atoms with E-state index in [0.29, 0.717) is 6.61 Å². The minimum Gasteiger partial charge on any atom is -0.396 e. The zero-order chi connectivity index (χ0) is 7.40. The lowest BCUT2D eigenvalue weighted by Crippen LogP contribution is -2.24. The lowest BCUT2D eigenvalue weighted by molar-refractivity contribution is 0.228. The minimum atomic E-state index is 0.320. The third kappa shape index (κ3) is 2.25. The van der Waals surface area contributed by atoms with Crippen molar-refractivity contribution in [2.24, 2.45) is 0 Å². The van der Waals surface area contributed by atoms with Gasteiger partial charge < -0.3 is 5.11 Å². The molecule has 0 aliphatic carbocycles. The molecule has 0 aromatic rings. The number of aliphatic hydroxyl groups is 1. The Labute approximate surface area is 62.2 Å². The zero-order valence-electron chi connectivity index (χ0n) is 6.58. The normalized spacial score (nSPS) is 22.2. The van der Waals surface area contributed by atoms with E-state index in [-0.39, 0.29) is 0 Å². The maximum atomic E-state index is 8.55. The van der Waals surface area contributed by atoms with Crippen LogP contribution < -0.4 is 0 Å². The van der Waals surface area contributed by atoms with Crippen LogP contribution in [0.3, 0.4) is 0 Å². The molecule has 1 saturated heterocycles. The Hall–Kier alpha value is -0.120. The number of aliphatic hydroxyl groups excluding tert-OH is 1. The Morgan fingerprint density at radius 1 is 1.40 bits per heavy atom. The smallest absolute Gasteiger partial charge is 0.0504 e. The van der Waals surface area contributed by atoms with Gasteiger partial charge in [-0.2, -0.15) is 0 Å². The zero-order valence-corrected chi connectivity index (χ0v) is 6.58. The van der Waals surface area contributed by atoms with Gasteiger partial charge in [-0.3, -0.25) is 9.80 Å². The number of hydrogen-bond acceptors (Lipinski definition) is 3. The van der Waals surface area contributed by atoms with E-state index in [4.69, 9.17) is 5.11 Å². The van der Waals surface area contributed by atoms with E-state index in [1.54, 1.807) is 0 Å². The van der Waals surface area contributed by atoms with Crippen LogP contribution in [0, 0.1) is 0 Å². The fourth-order valence-corrected chi connectivity index (χ4v) is 1.27. The molecule has 0 bridgehead atoms. The van der Waals surface area contributed by atoms with Gasteiger partial charge in [0.2, 0.25) is 0 Å². The van der Waals surface area contributed by atoms with Crippen LogP contribution in [0.4, 0.5) is 0 Å². The molecule has 1 aliphatic rings. The summed E-state index contributed by atoms with van der Waals surface area (Å²) in [5.74, 6) is 0. The Kier molecular flexibility index (Phi) is 3.12. The Balaban J connectivity index is 2.06. The Bertz CT molecular complexity index is 97.6. The van der Waals surface area contributed by atoms with Crippen molar-refractivity contribution >= 4 is 0 Å². The number of nitrogens with zero attached hydrogens (tertiary/aromatic N) is 2. The number of rotatable bonds is 3. The molecule has 0 spiro atoms. The first-order valence-corrected chi connectivity index (χ1v) is 3.84. The van der Waals surface area contributed by atoms with Crippen molar-refractivity contribution in [3.63, 3.8) is 0 Å². The van der Waals surface area contributed by atoms with Crippen molar-refractivity contribution in [3.8, 4) is 0 Å². The molecule has 0 aromatic heterocycles. The number of hydrogen-bond donors (Lipinski definition) is 1. The second-order valence-corrected chi connectivity index (χ2v) is 2.92. The van der Waals surface area contributed by atoms with Crippen LogP contribution >= 0.6 is 0 Å². The first kappa shape index (κ1) is 7.98. The molecule has 0 radical (unpaired) electrons. The molecular weight excluding hydrogens is 128 g/mol. The van der Waals surface area contributed by atoms with Crippen molar-refractivity contribution in [2.45, 2.75) is 6.42 Å². The maximum Gasteiger partial charge on any atom is 0.0504 e. The van der Waals surface area contributed by atoms with Gasteiger partial charge in [-0.15, -0.1) is 0 Å². The van der Waals surface area contributed by atoms with Crippen molar-refractivity contribution in [2.75, 3.05) is 40.0 Å². The summed E-state index contributed by atoms with van der Waals surface area (Å²) in [5, 5.41) is 8.55. The molecule has 3 nitrogen and oxygen atoms in total. The number of likely N-dealkylation sites (N-methyl/N-ethyl adjacent to an activating group) is 1. The quantitative estimate of drug-likeness (QED) is 0.582. The van der Waals surface area contributed by atoms with Gasteiger partial charge in [0.1, 0.15) is 0 Å². The van der Waals surface area contributed by atoms with E-state index < -0.39 is 0 Å². The highest BCUT2D eigenvalue weighted by Crippen LogP contribution is 2.01. The largest absolute Gasteiger partial charge is 0.396 e. The van der Waals surface area contributed by atoms with Gasteiger partial charge in [0.15, 0.2) is 0 Å². The second kappa shape index (κ2) is 3.91. The monoisotopic (exact) mass is 144 g/mol. The van der Waals surface area contributed by atoms with E-state index in [1.807, 2.05) is 0 Å². The summed E-state index contributed by atoms with van der Waals surface area (Å²) >= 11 is 0. The highest BCUT2D eigenvalue weighted by Gasteiger charge is 2.14. The molecule has 1 rings (SSSR count). The van der Waals surface area contributed by atoms with E-state index in [9.17, 15) is 0 Å². The van der Waals surface area contributed by atoms with Crippen molar-refractivity contribution in [1.29, 1.82) is 0 Å². The first-order chi connectivity index (χ1) is 4.83. The summed E-state index contributed by atoms with van der Waals surface area (Å²) in [6, 6.07) is 0.